The van der Waals surface area contributed by atoms with Crippen LogP contribution in [-0.4, -0.2) is 28.1 Å². The van der Waals surface area contributed by atoms with Crippen molar-refractivity contribution in [3.8, 4) is 0 Å². The zero-order valence-corrected chi connectivity index (χ0v) is 20.8. The van der Waals surface area contributed by atoms with Crippen molar-refractivity contribution in [2.75, 3.05) is 11.1 Å². The summed E-state index contributed by atoms with van der Waals surface area (Å²) in [6.45, 7) is 0. The lowest BCUT2D eigenvalue weighted by Gasteiger charge is -2.20. The first-order chi connectivity index (χ1) is 14.9. The molecule has 1 N–H and O–H groups in total. The first kappa shape index (κ1) is 22.8. The second-order valence-corrected chi connectivity index (χ2v) is 10.4. The molecule has 0 aromatic heterocycles. The summed E-state index contributed by atoms with van der Waals surface area (Å²) in [5.41, 5.74) is 2.04. The molecule has 1 aliphatic heterocycles. The Labute approximate surface area is 205 Å². The van der Waals surface area contributed by atoms with Crippen LogP contribution in [0.15, 0.2) is 56.9 Å². The Balaban J connectivity index is 1.53. The summed E-state index contributed by atoms with van der Waals surface area (Å²) in [6, 6.07) is 13.1. The second-order valence-electron chi connectivity index (χ2n) is 7.75. The van der Waals surface area contributed by atoms with Crippen LogP contribution in [0, 0.1) is 0 Å². The number of rotatable bonds is 4. The number of thioether (sulfide) groups is 1. The van der Waals surface area contributed by atoms with E-state index in [9.17, 15) is 4.79 Å². The summed E-state index contributed by atoms with van der Waals surface area (Å²) < 4.78 is 0.969. The number of anilines is 1. The molecular weight excluding hydrogens is 517 g/mol. The van der Waals surface area contributed by atoms with Gasteiger partial charge >= 0.3 is 0 Å². The van der Waals surface area contributed by atoms with Crippen molar-refractivity contribution in [2.24, 2.45) is 9.98 Å². The molecule has 0 radical (unpaired) electrons. The van der Waals surface area contributed by atoms with Crippen LogP contribution < -0.4 is 5.32 Å². The second kappa shape index (κ2) is 10.1. The molecule has 1 aliphatic carbocycles. The van der Waals surface area contributed by atoms with E-state index in [1.54, 1.807) is 6.07 Å². The van der Waals surface area contributed by atoms with Crippen LogP contribution in [0.2, 0.25) is 10.0 Å². The minimum absolute atomic E-state index is 0.0784. The predicted molar refractivity (Wildman–Crippen MR) is 136 cm³/mol. The fourth-order valence-electron chi connectivity index (χ4n) is 3.84. The number of amides is 1. The maximum atomic E-state index is 12.5. The van der Waals surface area contributed by atoms with E-state index in [2.05, 4.69) is 21.2 Å². The lowest BCUT2D eigenvalue weighted by Crippen LogP contribution is -2.20. The van der Waals surface area contributed by atoms with Gasteiger partial charge in [0.2, 0.25) is 5.91 Å². The molecule has 162 valence electrons. The maximum absolute atomic E-state index is 12.5. The van der Waals surface area contributed by atoms with Crippen molar-refractivity contribution >= 4 is 73.2 Å². The molecule has 4 rings (SSSR count). The number of hydrogen-bond acceptors (Lipinski definition) is 4. The first-order valence-electron chi connectivity index (χ1n) is 10.3. The Morgan fingerprint density at radius 3 is 2.39 bits per heavy atom. The van der Waals surface area contributed by atoms with Crippen molar-refractivity contribution in [2.45, 2.75) is 44.2 Å². The molecule has 1 amide bonds. The van der Waals surface area contributed by atoms with Gasteiger partial charge in [-0.3, -0.25) is 9.79 Å². The number of halogens is 3. The SMILES string of the molecule is O=C(CSC1=NC2(CCCCCC2)N=C1c1ccc(Cl)c(Cl)c1)Nc1ccc(Br)cc1. The van der Waals surface area contributed by atoms with Crippen LogP contribution in [0.25, 0.3) is 0 Å². The molecule has 31 heavy (non-hydrogen) atoms. The summed E-state index contributed by atoms with van der Waals surface area (Å²) in [7, 11) is 0. The molecule has 4 nitrogen and oxygen atoms in total. The van der Waals surface area contributed by atoms with Gasteiger partial charge in [-0.15, -0.1) is 0 Å². The highest BCUT2D eigenvalue weighted by atomic mass is 79.9. The molecule has 2 aromatic rings. The van der Waals surface area contributed by atoms with Gasteiger partial charge in [0.1, 0.15) is 5.04 Å². The monoisotopic (exact) mass is 537 g/mol. The third kappa shape index (κ3) is 5.72. The third-order valence-corrected chi connectivity index (χ3v) is 7.63. The minimum Gasteiger partial charge on any atom is -0.325 e. The maximum Gasteiger partial charge on any atom is 0.234 e. The van der Waals surface area contributed by atoms with Gasteiger partial charge in [0, 0.05) is 15.7 Å². The van der Waals surface area contributed by atoms with Gasteiger partial charge in [-0.25, -0.2) is 4.99 Å². The number of nitrogens with one attached hydrogen (secondary N) is 1. The molecule has 0 saturated heterocycles. The quantitative estimate of drug-likeness (QED) is 0.441. The number of benzene rings is 2. The van der Waals surface area contributed by atoms with Crippen molar-refractivity contribution in [1.29, 1.82) is 0 Å². The summed E-state index contributed by atoms with van der Waals surface area (Å²) in [5.74, 6) is 0.177. The Morgan fingerprint density at radius 2 is 1.71 bits per heavy atom. The van der Waals surface area contributed by atoms with E-state index in [0.717, 1.165) is 52.2 Å². The first-order valence-corrected chi connectivity index (χ1v) is 12.8. The zero-order valence-electron chi connectivity index (χ0n) is 16.8. The van der Waals surface area contributed by atoms with Gasteiger partial charge in [-0.2, -0.15) is 0 Å². The lowest BCUT2D eigenvalue weighted by atomic mass is 10.0. The normalized spacial score (nSPS) is 17.8. The number of nitrogens with zero attached hydrogens (tertiary/aromatic N) is 2. The van der Waals surface area contributed by atoms with Crippen molar-refractivity contribution in [1.82, 2.24) is 0 Å². The Kier molecular flexibility index (Phi) is 7.42. The Bertz CT molecular complexity index is 1030. The van der Waals surface area contributed by atoms with E-state index in [1.807, 2.05) is 36.4 Å². The molecule has 1 fully saturated rings. The van der Waals surface area contributed by atoms with Gasteiger partial charge in [-0.1, -0.05) is 69.8 Å². The summed E-state index contributed by atoms with van der Waals surface area (Å²) >= 11 is 17.2. The van der Waals surface area contributed by atoms with E-state index < -0.39 is 5.66 Å². The van der Waals surface area contributed by atoms with E-state index in [-0.39, 0.29) is 11.7 Å². The van der Waals surface area contributed by atoms with Gasteiger partial charge < -0.3 is 5.32 Å². The van der Waals surface area contributed by atoms with Crippen molar-refractivity contribution in [3.05, 3.63) is 62.5 Å². The van der Waals surface area contributed by atoms with Crippen molar-refractivity contribution < 1.29 is 4.79 Å². The summed E-state index contributed by atoms with van der Waals surface area (Å²) in [5, 5.41) is 4.72. The van der Waals surface area contributed by atoms with Crippen LogP contribution in [0.3, 0.4) is 0 Å². The molecule has 1 heterocycles. The molecule has 0 atom stereocenters. The fourth-order valence-corrected chi connectivity index (χ4v) is 5.27. The molecule has 2 aromatic carbocycles. The number of carbonyl (C=O) groups is 1. The highest BCUT2D eigenvalue weighted by molar-refractivity contribution is 9.10. The molecule has 0 bridgehead atoms. The van der Waals surface area contributed by atoms with Crippen LogP contribution in [0.5, 0.6) is 0 Å². The molecular formula is C23H22BrCl2N3OS. The van der Waals surface area contributed by atoms with Crippen LogP contribution >= 0.6 is 50.9 Å². The highest BCUT2D eigenvalue weighted by Gasteiger charge is 2.37. The average Bonchev–Trinajstić information content (AvgIpc) is 2.95. The molecule has 1 spiro atoms. The van der Waals surface area contributed by atoms with E-state index in [4.69, 9.17) is 33.2 Å². The van der Waals surface area contributed by atoms with Crippen LogP contribution in [0.4, 0.5) is 5.69 Å². The molecule has 2 aliphatic rings. The summed E-state index contributed by atoms with van der Waals surface area (Å²) in [6.07, 6.45) is 6.53. The Hall–Kier alpha value is -1.34. The van der Waals surface area contributed by atoms with Crippen molar-refractivity contribution in [3.63, 3.8) is 0 Å². The van der Waals surface area contributed by atoms with Crippen LogP contribution in [-0.2, 0) is 4.79 Å². The smallest absolute Gasteiger partial charge is 0.234 e. The fraction of sp³-hybridized carbons (Fsp3) is 0.348. The average molecular weight is 539 g/mol. The van der Waals surface area contributed by atoms with Gasteiger partial charge in [0.05, 0.1) is 21.5 Å². The topological polar surface area (TPSA) is 53.8 Å². The number of carbonyl (C=O) groups excluding carboxylic acids is 1. The zero-order chi connectivity index (χ0) is 21.8. The predicted octanol–water partition coefficient (Wildman–Crippen LogP) is 7.38. The van der Waals surface area contributed by atoms with E-state index >= 15 is 0 Å². The van der Waals surface area contributed by atoms with Gasteiger partial charge in [-0.05, 0) is 62.1 Å². The third-order valence-electron chi connectivity index (χ3n) is 5.40. The van der Waals surface area contributed by atoms with E-state index in [1.165, 1.54) is 24.6 Å². The minimum atomic E-state index is -0.414. The van der Waals surface area contributed by atoms with Crippen LogP contribution in [0.1, 0.15) is 44.1 Å². The van der Waals surface area contributed by atoms with Gasteiger partial charge in [0.25, 0.3) is 0 Å². The largest absolute Gasteiger partial charge is 0.325 e. The molecule has 1 saturated carbocycles. The number of aliphatic imine (C=N–C) groups is 2. The molecule has 0 unspecified atom stereocenters. The lowest BCUT2D eigenvalue weighted by molar-refractivity contribution is -0.113. The molecule has 8 heteroatoms. The van der Waals surface area contributed by atoms with Gasteiger partial charge in [0.15, 0.2) is 5.66 Å². The number of hydrogen-bond donors (Lipinski definition) is 1. The standard InChI is InChI=1S/C23H22BrCl2N3OS/c24-16-6-8-17(9-7-16)27-20(30)14-31-22-21(15-5-10-18(25)19(26)13-15)28-23(29-22)11-3-1-2-4-12-23/h5-10,13H,1-4,11-12,14H2,(H,27,30). The summed E-state index contributed by atoms with van der Waals surface area (Å²) in [4.78, 5) is 22.7. The highest BCUT2D eigenvalue weighted by Crippen LogP contribution is 2.38. The Morgan fingerprint density at radius 1 is 1.00 bits per heavy atom. The van der Waals surface area contributed by atoms with E-state index in [0.29, 0.717) is 10.0 Å².